The van der Waals surface area contributed by atoms with Gasteiger partial charge in [0.2, 0.25) is 11.8 Å². The summed E-state index contributed by atoms with van der Waals surface area (Å²) in [5.41, 5.74) is 10.2. The molecule has 3 aliphatic heterocycles. The van der Waals surface area contributed by atoms with Crippen LogP contribution < -0.4 is 21.4 Å². The molecular formula is C51H64N8O8. The van der Waals surface area contributed by atoms with E-state index in [-0.39, 0.29) is 66.9 Å². The number of carbonyl (C=O) groups excluding carboxylic acids is 5. The van der Waals surface area contributed by atoms with E-state index >= 15 is 0 Å². The number of esters is 1. The average molecular weight is 917 g/mol. The summed E-state index contributed by atoms with van der Waals surface area (Å²) in [6, 6.07) is 13.1. The van der Waals surface area contributed by atoms with Gasteiger partial charge in [-0.2, -0.15) is 0 Å². The number of aromatic nitrogens is 2. The van der Waals surface area contributed by atoms with Gasteiger partial charge in [-0.1, -0.05) is 26.0 Å². The second-order valence-corrected chi connectivity index (χ2v) is 19.6. The molecule has 16 nitrogen and oxygen atoms in total. The van der Waals surface area contributed by atoms with Crippen LogP contribution in [0.15, 0.2) is 66.0 Å². The van der Waals surface area contributed by atoms with Crippen molar-refractivity contribution in [2.75, 3.05) is 33.9 Å². The number of allylic oxidation sites excluding steroid dienone is 1. The fraction of sp³-hybridized carbons (Fsp3) is 0.490. The van der Waals surface area contributed by atoms with Gasteiger partial charge in [-0.3, -0.25) is 34.0 Å². The van der Waals surface area contributed by atoms with E-state index in [4.69, 9.17) is 14.5 Å². The lowest BCUT2D eigenvalue weighted by atomic mass is 9.79. The van der Waals surface area contributed by atoms with Crippen molar-refractivity contribution in [1.29, 1.82) is 0 Å². The first-order valence-electron chi connectivity index (χ1n) is 23.5. The molecule has 6 bridgehead atoms. The molecule has 2 saturated heterocycles. The smallest absolute Gasteiger partial charge is 0.324 e. The van der Waals surface area contributed by atoms with Gasteiger partial charge < -0.3 is 40.0 Å². The van der Waals surface area contributed by atoms with Crippen LogP contribution in [0.2, 0.25) is 0 Å². The Morgan fingerprint density at radius 3 is 2.54 bits per heavy atom. The number of amides is 4. The third-order valence-electron chi connectivity index (χ3n) is 13.6. The van der Waals surface area contributed by atoms with Crippen molar-refractivity contribution >= 4 is 40.5 Å². The standard InChI is InChI=1S/C51H64N8O8/c1-9-58-42-15-14-31-24-37(42)38(45(58)36-12-10-16-52-43(36)29(4)66-8)25-51(5,6)27-67-50(65)39-13-11-17-59(56-39)49(64)40(20-30-18-32(31)23-35(60)19-30)55-47(62)44(28(2)3)57(7)48(63)33-21-34(22-33)54-46(61)41-26-53-41/h10,12,14-16,18-19,23-24,29,33-34,39-41,53,56,60H,9,11,13,17,20-22,25-27H2,1-8H3,(H,54,61)(H,55,62)/t29-,33?,34?,39-,40-,41-/m0/s1. The Kier molecular flexibility index (Phi) is 13.6. The molecule has 356 valence electrons. The van der Waals surface area contributed by atoms with E-state index in [2.05, 4.69) is 64.9 Å². The molecule has 0 spiro atoms. The predicted molar refractivity (Wildman–Crippen MR) is 253 cm³/mol. The number of likely N-dealkylation sites (N-methyl/N-ethyl adjacent to an activating group) is 1. The topological polar surface area (TPSA) is 206 Å². The summed E-state index contributed by atoms with van der Waals surface area (Å²) in [4.78, 5) is 75.3. The number of hydrogen-bond donors (Lipinski definition) is 5. The van der Waals surface area contributed by atoms with Crippen molar-refractivity contribution in [3.8, 4) is 28.1 Å². The Morgan fingerprint density at radius 1 is 1.07 bits per heavy atom. The van der Waals surface area contributed by atoms with Crippen LogP contribution in [-0.2, 0) is 52.8 Å². The monoisotopic (exact) mass is 916 g/mol. The van der Waals surface area contributed by atoms with E-state index in [0.29, 0.717) is 61.9 Å². The number of aryl methyl sites for hydroxylation is 1. The Hall–Kier alpha value is -6.10. The number of nitrogens with one attached hydrogen (secondary N) is 4. The molecule has 3 fully saturated rings. The van der Waals surface area contributed by atoms with E-state index in [9.17, 15) is 29.1 Å². The van der Waals surface area contributed by atoms with Gasteiger partial charge >= 0.3 is 5.97 Å². The van der Waals surface area contributed by atoms with Crippen LogP contribution in [0, 0.1) is 11.3 Å². The van der Waals surface area contributed by atoms with Crippen LogP contribution in [0.4, 0.5) is 0 Å². The minimum atomic E-state index is -1.18. The number of rotatable bonds is 10. The molecule has 5 N–H and O–H groups in total. The second kappa shape index (κ2) is 19.2. The fourth-order valence-corrected chi connectivity index (χ4v) is 9.88. The summed E-state index contributed by atoms with van der Waals surface area (Å²) in [7, 11) is 3.22. The van der Waals surface area contributed by atoms with Crippen LogP contribution >= 0.6 is 0 Å². The van der Waals surface area contributed by atoms with Crippen molar-refractivity contribution in [3.63, 3.8) is 0 Å². The highest BCUT2D eigenvalue weighted by Crippen LogP contribution is 2.42. The van der Waals surface area contributed by atoms with Crippen molar-refractivity contribution < 1.29 is 38.6 Å². The SMILES string of the molecule is CCn1c(-c2cccnc2[C@H](C)OC)c2c3cc(ccc31)-c1cc(O)cc(c1)C[C@H](NC(=O)C(=C(C)C)N(C)C(=O)C1CC(NC(=O)[C@@H]3CN3)C1)C(=O)N1CCC[C@H](N1)C(=O)OCC(C)(C)C2. The normalized spacial score (nSPS) is 23.0. The average Bonchev–Trinajstić information content (AvgIpc) is 4.11. The lowest BCUT2D eigenvalue weighted by Crippen LogP contribution is -2.61. The maximum atomic E-state index is 14.7. The number of carbonyl (C=O) groups is 5. The van der Waals surface area contributed by atoms with E-state index in [1.165, 1.54) is 9.91 Å². The molecule has 0 radical (unpaired) electrons. The predicted octanol–water partition coefficient (Wildman–Crippen LogP) is 5.07. The van der Waals surface area contributed by atoms with Gasteiger partial charge in [-0.15, -0.1) is 0 Å². The minimum Gasteiger partial charge on any atom is -0.508 e. The molecule has 2 aromatic heterocycles. The lowest BCUT2D eigenvalue weighted by Gasteiger charge is -2.38. The summed E-state index contributed by atoms with van der Waals surface area (Å²) >= 11 is 0. The molecule has 1 aliphatic carbocycles. The van der Waals surface area contributed by atoms with Crippen molar-refractivity contribution in [1.82, 2.24) is 40.8 Å². The molecule has 4 atom stereocenters. The number of aromatic hydroxyl groups is 1. The zero-order chi connectivity index (χ0) is 47.9. The molecule has 1 saturated carbocycles. The van der Waals surface area contributed by atoms with Crippen LogP contribution in [0.3, 0.4) is 0 Å². The van der Waals surface area contributed by atoms with E-state index < -0.39 is 35.3 Å². The number of hydrazine groups is 1. The second-order valence-electron chi connectivity index (χ2n) is 19.6. The first-order valence-corrected chi connectivity index (χ1v) is 23.5. The van der Waals surface area contributed by atoms with Crippen LogP contribution in [-0.4, -0.2) is 112 Å². The minimum absolute atomic E-state index is 0.0149. The number of pyridine rings is 1. The number of phenols is 1. The fourth-order valence-electron chi connectivity index (χ4n) is 9.88. The molecule has 4 aliphatic rings. The van der Waals surface area contributed by atoms with Crippen LogP contribution in [0.25, 0.3) is 33.3 Å². The van der Waals surface area contributed by atoms with Crippen molar-refractivity contribution in [3.05, 3.63) is 82.8 Å². The summed E-state index contributed by atoms with van der Waals surface area (Å²) in [6.45, 7) is 13.4. The van der Waals surface area contributed by atoms with Gasteiger partial charge in [0.25, 0.3) is 11.8 Å². The number of hydrogen-bond acceptors (Lipinski definition) is 11. The number of benzene rings is 2. The van der Waals surface area contributed by atoms with Gasteiger partial charge in [0.15, 0.2) is 0 Å². The molecule has 5 heterocycles. The molecule has 8 rings (SSSR count). The molecule has 2 aromatic carbocycles. The lowest BCUT2D eigenvalue weighted by molar-refractivity contribution is -0.155. The Morgan fingerprint density at radius 2 is 1.84 bits per heavy atom. The zero-order valence-corrected chi connectivity index (χ0v) is 39.8. The van der Waals surface area contributed by atoms with Crippen molar-refractivity contribution in [2.45, 2.75) is 117 Å². The molecule has 16 heteroatoms. The zero-order valence-electron chi connectivity index (χ0n) is 39.8. The quantitative estimate of drug-likeness (QED) is 0.0807. The van der Waals surface area contributed by atoms with Gasteiger partial charge in [-0.25, -0.2) is 5.43 Å². The maximum Gasteiger partial charge on any atom is 0.324 e. The number of methoxy groups -OCH3 is 1. The van der Waals surface area contributed by atoms with Gasteiger partial charge in [0, 0.05) is 80.3 Å². The molecule has 4 aromatic rings. The van der Waals surface area contributed by atoms with E-state index in [0.717, 1.165) is 39.0 Å². The van der Waals surface area contributed by atoms with E-state index in [1.54, 1.807) is 46.3 Å². The number of fused-ring (bicyclic) bond motifs is 6. The first kappa shape index (κ1) is 47.4. The Balaban J connectivity index is 1.17. The number of cyclic esters (lactones) is 1. The summed E-state index contributed by atoms with van der Waals surface area (Å²) < 4.78 is 14.2. The number of phenolic OH excluding ortho intramolecular Hbond substituents is 1. The summed E-state index contributed by atoms with van der Waals surface area (Å²) in [6.07, 6.45) is 3.87. The van der Waals surface area contributed by atoms with Gasteiger partial charge in [0.05, 0.1) is 30.1 Å². The van der Waals surface area contributed by atoms with Gasteiger partial charge in [-0.05, 0) is 124 Å². The van der Waals surface area contributed by atoms with Crippen LogP contribution in [0.5, 0.6) is 5.75 Å². The summed E-state index contributed by atoms with van der Waals surface area (Å²) in [5, 5.41) is 22.6. The molecular weight excluding hydrogens is 853 g/mol. The maximum absolute atomic E-state index is 14.7. The number of ether oxygens (including phenoxy) is 2. The summed E-state index contributed by atoms with van der Waals surface area (Å²) in [5.74, 6) is -2.33. The Bertz CT molecular complexity index is 2620. The highest BCUT2D eigenvalue weighted by atomic mass is 16.5. The Labute approximate surface area is 391 Å². The molecule has 67 heavy (non-hydrogen) atoms. The highest BCUT2D eigenvalue weighted by Gasteiger charge is 2.41. The van der Waals surface area contributed by atoms with E-state index in [1.807, 2.05) is 25.1 Å². The molecule has 4 amide bonds. The third-order valence-corrected chi connectivity index (χ3v) is 13.6. The first-order chi connectivity index (χ1) is 32.0. The van der Waals surface area contributed by atoms with Crippen LogP contribution in [0.1, 0.15) is 90.2 Å². The largest absolute Gasteiger partial charge is 0.508 e. The highest BCUT2D eigenvalue weighted by molar-refractivity contribution is 6.01. The number of nitrogens with zero attached hydrogens (tertiary/aromatic N) is 4. The van der Waals surface area contributed by atoms with Gasteiger partial charge in [0.1, 0.15) is 23.5 Å². The van der Waals surface area contributed by atoms with Crippen molar-refractivity contribution in [2.24, 2.45) is 11.3 Å². The third kappa shape index (κ3) is 9.97. The molecule has 0 unspecified atom stereocenters.